The summed E-state index contributed by atoms with van der Waals surface area (Å²) in [5.41, 5.74) is 2.19. The minimum atomic E-state index is -0.480. The minimum Gasteiger partial charge on any atom is -0.485 e. The summed E-state index contributed by atoms with van der Waals surface area (Å²) in [5, 5.41) is 10.6. The standard InChI is InChI=1S/C23H28N2O3/c26-21(19-9-10-22-23(18-19)28-17-5-16-27-22)8-4-11-24-12-14-25(15-13-24)20-6-2-1-3-7-20/h1-3,5-7,9-10,17-18,21,26H,4,8,11-16H2. The smallest absolute Gasteiger partial charge is 0.168 e. The molecule has 28 heavy (non-hydrogen) atoms. The third-order valence-electron chi connectivity index (χ3n) is 5.42. The lowest BCUT2D eigenvalue weighted by atomic mass is 10.0. The second-order valence-electron chi connectivity index (χ2n) is 7.33. The van der Waals surface area contributed by atoms with Gasteiger partial charge in [0, 0.05) is 31.9 Å². The van der Waals surface area contributed by atoms with Crippen LogP contribution < -0.4 is 14.4 Å². The number of hydrogen-bond acceptors (Lipinski definition) is 5. The van der Waals surface area contributed by atoms with E-state index in [1.54, 1.807) is 6.26 Å². The van der Waals surface area contributed by atoms with Gasteiger partial charge < -0.3 is 19.5 Å². The Hall–Kier alpha value is -2.50. The molecule has 1 saturated heterocycles. The molecule has 2 heterocycles. The van der Waals surface area contributed by atoms with Crippen LogP contribution in [0.1, 0.15) is 24.5 Å². The number of anilines is 1. The molecule has 1 fully saturated rings. The van der Waals surface area contributed by atoms with Crippen LogP contribution in [0.4, 0.5) is 5.69 Å². The van der Waals surface area contributed by atoms with Crippen molar-refractivity contribution in [3.8, 4) is 11.5 Å². The SMILES string of the molecule is OC(CCCN1CCN(c2ccccc2)CC1)c1ccc2c(c1)OC=CCO2. The molecule has 148 valence electrons. The highest BCUT2D eigenvalue weighted by molar-refractivity contribution is 5.46. The zero-order chi connectivity index (χ0) is 19.2. The van der Waals surface area contributed by atoms with Crippen molar-refractivity contribution in [1.29, 1.82) is 0 Å². The third-order valence-corrected chi connectivity index (χ3v) is 5.42. The van der Waals surface area contributed by atoms with Gasteiger partial charge in [0.05, 0.1) is 12.4 Å². The molecule has 2 aliphatic heterocycles. The molecular weight excluding hydrogens is 352 g/mol. The van der Waals surface area contributed by atoms with Gasteiger partial charge >= 0.3 is 0 Å². The lowest BCUT2D eigenvalue weighted by Crippen LogP contribution is -2.46. The first-order chi connectivity index (χ1) is 13.8. The highest BCUT2D eigenvalue weighted by Gasteiger charge is 2.18. The van der Waals surface area contributed by atoms with Crippen LogP contribution in [0, 0.1) is 0 Å². The van der Waals surface area contributed by atoms with E-state index in [4.69, 9.17) is 9.47 Å². The summed E-state index contributed by atoms with van der Waals surface area (Å²) >= 11 is 0. The summed E-state index contributed by atoms with van der Waals surface area (Å²) in [5.74, 6) is 1.39. The fourth-order valence-electron chi connectivity index (χ4n) is 3.79. The summed E-state index contributed by atoms with van der Waals surface area (Å²) in [6, 6.07) is 16.3. The lowest BCUT2D eigenvalue weighted by molar-refractivity contribution is 0.153. The number of para-hydroxylation sites is 1. The number of aliphatic hydroxyl groups is 1. The Labute approximate surface area is 166 Å². The average molecular weight is 380 g/mol. The molecule has 0 spiro atoms. The van der Waals surface area contributed by atoms with E-state index in [0.717, 1.165) is 56.9 Å². The predicted molar refractivity (Wildman–Crippen MR) is 111 cm³/mol. The molecule has 1 atom stereocenters. The maximum atomic E-state index is 10.6. The zero-order valence-corrected chi connectivity index (χ0v) is 16.2. The van der Waals surface area contributed by atoms with Gasteiger partial charge in [-0.2, -0.15) is 0 Å². The quantitative estimate of drug-likeness (QED) is 0.830. The normalized spacial score (nSPS) is 18.0. The highest BCUT2D eigenvalue weighted by Crippen LogP contribution is 2.33. The minimum absolute atomic E-state index is 0.480. The predicted octanol–water partition coefficient (Wildman–Crippen LogP) is 3.61. The topological polar surface area (TPSA) is 45.2 Å². The van der Waals surface area contributed by atoms with E-state index < -0.39 is 6.10 Å². The number of hydrogen-bond donors (Lipinski definition) is 1. The molecule has 0 aliphatic carbocycles. The molecule has 2 aromatic rings. The molecule has 2 aromatic carbocycles. The van der Waals surface area contributed by atoms with Gasteiger partial charge in [0.1, 0.15) is 6.61 Å². The van der Waals surface area contributed by atoms with Crippen LogP contribution in [-0.2, 0) is 0 Å². The second-order valence-corrected chi connectivity index (χ2v) is 7.33. The molecule has 0 bridgehead atoms. The van der Waals surface area contributed by atoms with Gasteiger partial charge in [-0.15, -0.1) is 0 Å². The molecular formula is C23H28N2O3. The van der Waals surface area contributed by atoms with Gasteiger partial charge in [0.2, 0.25) is 0 Å². The third kappa shape index (κ3) is 4.66. The van der Waals surface area contributed by atoms with Gasteiger partial charge in [0.25, 0.3) is 0 Å². The van der Waals surface area contributed by atoms with E-state index in [2.05, 4.69) is 40.1 Å². The van der Waals surface area contributed by atoms with Crippen molar-refractivity contribution >= 4 is 5.69 Å². The number of rotatable bonds is 6. The molecule has 1 N–H and O–H groups in total. The van der Waals surface area contributed by atoms with Crippen molar-refractivity contribution in [2.45, 2.75) is 18.9 Å². The Balaban J connectivity index is 1.22. The molecule has 0 aromatic heterocycles. The van der Waals surface area contributed by atoms with Crippen LogP contribution in [0.3, 0.4) is 0 Å². The van der Waals surface area contributed by atoms with Crippen molar-refractivity contribution in [3.63, 3.8) is 0 Å². The van der Waals surface area contributed by atoms with E-state index in [9.17, 15) is 5.11 Å². The highest BCUT2D eigenvalue weighted by atomic mass is 16.5. The molecule has 1 unspecified atom stereocenters. The second kappa shape index (κ2) is 9.13. The number of piperazine rings is 1. The first-order valence-electron chi connectivity index (χ1n) is 10.1. The number of fused-ring (bicyclic) bond motifs is 1. The van der Waals surface area contributed by atoms with Crippen molar-refractivity contribution in [1.82, 2.24) is 4.90 Å². The van der Waals surface area contributed by atoms with Gasteiger partial charge in [-0.1, -0.05) is 24.3 Å². The summed E-state index contributed by atoms with van der Waals surface area (Å²) < 4.78 is 11.1. The number of aliphatic hydroxyl groups excluding tert-OH is 1. The van der Waals surface area contributed by atoms with Gasteiger partial charge in [-0.3, -0.25) is 4.90 Å². The Morgan fingerprint density at radius 2 is 1.79 bits per heavy atom. The Kier molecular flexibility index (Phi) is 6.14. The van der Waals surface area contributed by atoms with E-state index in [1.165, 1.54) is 5.69 Å². The average Bonchev–Trinajstić information content (AvgIpc) is 2.99. The maximum absolute atomic E-state index is 10.6. The van der Waals surface area contributed by atoms with Crippen molar-refractivity contribution < 1.29 is 14.6 Å². The van der Waals surface area contributed by atoms with E-state index in [0.29, 0.717) is 12.4 Å². The lowest BCUT2D eigenvalue weighted by Gasteiger charge is -2.36. The molecule has 5 heteroatoms. The van der Waals surface area contributed by atoms with Crippen LogP contribution in [0.25, 0.3) is 0 Å². The van der Waals surface area contributed by atoms with E-state index in [1.807, 2.05) is 24.3 Å². The Bertz CT molecular complexity index is 786. The number of ether oxygens (including phenoxy) is 2. The molecule has 0 amide bonds. The zero-order valence-electron chi connectivity index (χ0n) is 16.2. The van der Waals surface area contributed by atoms with Gasteiger partial charge in [-0.05, 0) is 55.3 Å². The molecule has 0 radical (unpaired) electrons. The van der Waals surface area contributed by atoms with Crippen molar-refractivity contribution in [3.05, 3.63) is 66.4 Å². The van der Waals surface area contributed by atoms with Crippen molar-refractivity contribution in [2.75, 3.05) is 44.2 Å². The van der Waals surface area contributed by atoms with Crippen LogP contribution in [0.15, 0.2) is 60.9 Å². The summed E-state index contributed by atoms with van der Waals surface area (Å²) in [7, 11) is 0. The fourth-order valence-corrected chi connectivity index (χ4v) is 3.79. The molecule has 4 rings (SSSR count). The summed E-state index contributed by atoms with van der Waals surface area (Å²) in [6.45, 7) is 5.78. The van der Waals surface area contributed by atoms with Crippen LogP contribution in [0.2, 0.25) is 0 Å². The first-order valence-corrected chi connectivity index (χ1v) is 10.1. The van der Waals surface area contributed by atoms with Crippen LogP contribution in [0.5, 0.6) is 11.5 Å². The monoisotopic (exact) mass is 380 g/mol. The largest absolute Gasteiger partial charge is 0.485 e. The Morgan fingerprint density at radius 3 is 2.61 bits per heavy atom. The number of benzene rings is 2. The molecule has 2 aliphatic rings. The van der Waals surface area contributed by atoms with E-state index in [-0.39, 0.29) is 0 Å². The molecule has 0 saturated carbocycles. The van der Waals surface area contributed by atoms with Crippen LogP contribution in [-0.4, -0.2) is 49.3 Å². The first kappa shape index (κ1) is 18.8. The number of nitrogens with zero attached hydrogens (tertiary/aromatic N) is 2. The van der Waals surface area contributed by atoms with Crippen LogP contribution >= 0.6 is 0 Å². The fraction of sp³-hybridized carbons (Fsp3) is 0.391. The van der Waals surface area contributed by atoms with Gasteiger partial charge in [-0.25, -0.2) is 0 Å². The maximum Gasteiger partial charge on any atom is 0.168 e. The summed E-state index contributed by atoms with van der Waals surface area (Å²) in [6.07, 6.45) is 4.70. The Morgan fingerprint density at radius 1 is 0.964 bits per heavy atom. The van der Waals surface area contributed by atoms with E-state index >= 15 is 0 Å². The van der Waals surface area contributed by atoms with Gasteiger partial charge in [0.15, 0.2) is 11.5 Å². The van der Waals surface area contributed by atoms with Crippen molar-refractivity contribution in [2.24, 2.45) is 0 Å². The summed E-state index contributed by atoms with van der Waals surface area (Å²) in [4.78, 5) is 4.93. The molecule has 5 nitrogen and oxygen atoms in total.